The number of nitrogens with zero attached hydrogens (tertiary/aromatic N) is 1. The largest absolute Gasteiger partial charge is 0.387 e. The minimum Gasteiger partial charge on any atom is -0.387 e. The van der Waals surface area contributed by atoms with Gasteiger partial charge >= 0.3 is 0 Å². The Morgan fingerprint density at radius 3 is 2.71 bits per heavy atom. The molecule has 0 aromatic heterocycles. The first kappa shape index (κ1) is 11.0. The van der Waals surface area contributed by atoms with Gasteiger partial charge in [-0.15, -0.1) is 0 Å². The highest BCUT2D eigenvalue weighted by atomic mass is 16.2. The van der Waals surface area contributed by atoms with Crippen LogP contribution in [0.2, 0.25) is 0 Å². The number of hydrogen-bond acceptors (Lipinski definition) is 2. The summed E-state index contributed by atoms with van der Waals surface area (Å²) in [5.74, 6) is 1.39. The third-order valence-corrected chi connectivity index (χ3v) is 2.25. The monoisotopic (exact) mass is 197 g/mol. The van der Waals surface area contributed by atoms with Gasteiger partial charge in [0.25, 0.3) is 0 Å². The summed E-state index contributed by atoms with van der Waals surface area (Å²) in [6.45, 7) is 5.19. The van der Waals surface area contributed by atoms with Crippen LogP contribution in [0.1, 0.15) is 26.7 Å². The lowest BCUT2D eigenvalue weighted by Crippen LogP contribution is -2.28. The maximum atomic E-state index is 11.2. The number of amides is 1. The third-order valence-electron chi connectivity index (χ3n) is 2.25. The average molecular weight is 197 g/mol. The molecule has 1 fully saturated rings. The number of nitrogens with one attached hydrogen (secondary N) is 1. The van der Waals surface area contributed by atoms with Crippen LogP contribution in [0.3, 0.4) is 0 Å². The molecule has 3 N–H and O–H groups in total. The molecule has 1 saturated carbocycles. The van der Waals surface area contributed by atoms with Crippen molar-refractivity contribution in [1.29, 1.82) is 0 Å². The van der Waals surface area contributed by atoms with Gasteiger partial charge in [0.1, 0.15) is 0 Å². The highest BCUT2D eigenvalue weighted by molar-refractivity contribution is 5.82. The lowest BCUT2D eigenvalue weighted by Gasteiger charge is -2.04. The second-order valence-electron chi connectivity index (χ2n) is 4.03. The summed E-state index contributed by atoms with van der Waals surface area (Å²) in [5.41, 5.74) is 5.64. The van der Waals surface area contributed by atoms with Crippen molar-refractivity contribution >= 4 is 11.7 Å². The lowest BCUT2D eigenvalue weighted by molar-refractivity contribution is -0.122. The van der Waals surface area contributed by atoms with Gasteiger partial charge in [-0.2, -0.15) is 0 Å². The van der Waals surface area contributed by atoms with E-state index in [2.05, 4.69) is 10.3 Å². The Morgan fingerprint density at radius 2 is 2.21 bits per heavy atom. The van der Waals surface area contributed by atoms with Crippen LogP contribution in [0.15, 0.2) is 4.99 Å². The van der Waals surface area contributed by atoms with Crippen molar-refractivity contribution in [2.45, 2.75) is 26.7 Å². The Labute approximate surface area is 85.0 Å². The van der Waals surface area contributed by atoms with Crippen LogP contribution in [0.25, 0.3) is 0 Å². The first-order valence-electron chi connectivity index (χ1n) is 5.18. The molecule has 0 atom stereocenters. The predicted molar refractivity (Wildman–Crippen MR) is 57.1 cm³/mol. The SMILES string of the molecule is CC(C)C(N)=NCCNC(=O)C1CC1. The van der Waals surface area contributed by atoms with E-state index in [1.54, 1.807) is 0 Å². The molecule has 0 aromatic carbocycles. The van der Waals surface area contributed by atoms with Crippen molar-refractivity contribution in [1.82, 2.24) is 5.32 Å². The molecule has 4 heteroatoms. The molecule has 0 heterocycles. The Bertz CT molecular complexity index is 232. The van der Waals surface area contributed by atoms with Crippen LogP contribution in [-0.4, -0.2) is 24.8 Å². The second kappa shape index (κ2) is 4.98. The molecule has 1 aliphatic rings. The lowest BCUT2D eigenvalue weighted by atomic mass is 10.2. The van der Waals surface area contributed by atoms with Gasteiger partial charge in [-0.3, -0.25) is 9.79 Å². The Balaban J connectivity index is 2.08. The summed E-state index contributed by atoms with van der Waals surface area (Å²) in [6.07, 6.45) is 2.09. The molecule has 0 bridgehead atoms. The van der Waals surface area contributed by atoms with Crippen LogP contribution in [-0.2, 0) is 4.79 Å². The van der Waals surface area contributed by atoms with Crippen molar-refractivity contribution in [3.8, 4) is 0 Å². The van der Waals surface area contributed by atoms with E-state index in [1.807, 2.05) is 13.8 Å². The van der Waals surface area contributed by atoms with Crippen LogP contribution in [0.4, 0.5) is 0 Å². The normalized spacial score (nSPS) is 17.2. The molecular formula is C10H19N3O. The average Bonchev–Trinajstić information content (AvgIpc) is 2.94. The third kappa shape index (κ3) is 3.77. The van der Waals surface area contributed by atoms with Gasteiger partial charge in [0.2, 0.25) is 5.91 Å². The van der Waals surface area contributed by atoms with Crippen molar-refractivity contribution in [3.05, 3.63) is 0 Å². The molecule has 0 aromatic rings. The smallest absolute Gasteiger partial charge is 0.223 e. The van der Waals surface area contributed by atoms with Crippen LogP contribution in [0.5, 0.6) is 0 Å². The highest BCUT2D eigenvalue weighted by Crippen LogP contribution is 2.28. The molecule has 1 aliphatic carbocycles. The van der Waals surface area contributed by atoms with Gasteiger partial charge in [0, 0.05) is 18.4 Å². The van der Waals surface area contributed by atoms with E-state index >= 15 is 0 Å². The maximum Gasteiger partial charge on any atom is 0.223 e. The summed E-state index contributed by atoms with van der Waals surface area (Å²) < 4.78 is 0. The summed E-state index contributed by atoms with van der Waals surface area (Å²) >= 11 is 0. The fourth-order valence-electron chi connectivity index (χ4n) is 1.04. The first-order chi connectivity index (χ1) is 6.61. The number of carbonyl (C=O) groups excluding carboxylic acids is 1. The second-order valence-corrected chi connectivity index (χ2v) is 4.03. The summed E-state index contributed by atoms with van der Waals surface area (Å²) in [5, 5.41) is 2.84. The summed E-state index contributed by atoms with van der Waals surface area (Å²) in [6, 6.07) is 0. The number of amidine groups is 1. The van der Waals surface area contributed by atoms with Gasteiger partial charge < -0.3 is 11.1 Å². The molecule has 4 nitrogen and oxygen atoms in total. The number of rotatable bonds is 5. The van der Waals surface area contributed by atoms with E-state index in [9.17, 15) is 4.79 Å². The summed E-state index contributed by atoms with van der Waals surface area (Å²) in [7, 11) is 0. The zero-order valence-corrected chi connectivity index (χ0v) is 8.92. The predicted octanol–water partition coefficient (Wildman–Crippen LogP) is 0.526. The number of nitrogens with two attached hydrogens (primary N) is 1. The Hall–Kier alpha value is -1.06. The number of aliphatic imine (C=N–C) groups is 1. The molecule has 0 spiro atoms. The van der Waals surface area contributed by atoms with Gasteiger partial charge in [0.15, 0.2) is 0 Å². The Morgan fingerprint density at radius 1 is 1.57 bits per heavy atom. The Kier molecular flexibility index (Phi) is 3.92. The van der Waals surface area contributed by atoms with E-state index in [-0.39, 0.29) is 17.7 Å². The molecule has 0 radical (unpaired) electrons. The van der Waals surface area contributed by atoms with Crippen LogP contribution in [0, 0.1) is 11.8 Å². The van der Waals surface area contributed by atoms with Crippen LogP contribution < -0.4 is 11.1 Å². The van der Waals surface area contributed by atoms with E-state index < -0.39 is 0 Å². The molecule has 0 saturated heterocycles. The standard InChI is InChI=1S/C10H19N3O/c1-7(2)9(11)12-5-6-13-10(14)8-3-4-8/h7-8H,3-6H2,1-2H3,(H2,11,12)(H,13,14). The van der Waals surface area contributed by atoms with Crippen molar-refractivity contribution < 1.29 is 4.79 Å². The zero-order valence-electron chi connectivity index (χ0n) is 8.92. The van der Waals surface area contributed by atoms with E-state index in [1.165, 1.54) is 0 Å². The fourth-order valence-corrected chi connectivity index (χ4v) is 1.04. The van der Waals surface area contributed by atoms with Crippen LogP contribution >= 0.6 is 0 Å². The maximum absolute atomic E-state index is 11.2. The molecule has 80 valence electrons. The molecule has 14 heavy (non-hydrogen) atoms. The number of carbonyl (C=O) groups is 1. The van der Waals surface area contributed by atoms with Gasteiger partial charge in [0.05, 0.1) is 12.4 Å². The molecule has 1 rings (SSSR count). The minimum absolute atomic E-state index is 0.170. The summed E-state index contributed by atoms with van der Waals surface area (Å²) in [4.78, 5) is 15.3. The molecule has 0 aliphatic heterocycles. The van der Waals surface area contributed by atoms with Gasteiger partial charge in [-0.05, 0) is 12.8 Å². The van der Waals surface area contributed by atoms with E-state index in [0.29, 0.717) is 18.9 Å². The topological polar surface area (TPSA) is 67.5 Å². The van der Waals surface area contributed by atoms with Crippen molar-refractivity contribution in [2.24, 2.45) is 22.6 Å². The highest BCUT2D eigenvalue weighted by Gasteiger charge is 2.28. The van der Waals surface area contributed by atoms with Gasteiger partial charge in [-0.1, -0.05) is 13.8 Å². The molecule has 0 unspecified atom stereocenters. The molecular weight excluding hydrogens is 178 g/mol. The van der Waals surface area contributed by atoms with E-state index in [4.69, 9.17) is 5.73 Å². The first-order valence-corrected chi connectivity index (χ1v) is 5.18. The van der Waals surface area contributed by atoms with E-state index in [0.717, 1.165) is 12.8 Å². The quantitative estimate of drug-likeness (QED) is 0.383. The van der Waals surface area contributed by atoms with Gasteiger partial charge in [-0.25, -0.2) is 0 Å². The fraction of sp³-hybridized carbons (Fsp3) is 0.800. The minimum atomic E-state index is 0.170. The van der Waals surface area contributed by atoms with Crippen molar-refractivity contribution in [3.63, 3.8) is 0 Å². The number of hydrogen-bond donors (Lipinski definition) is 2. The molecule has 1 amide bonds. The zero-order chi connectivity index (χ0) is 10.6. The van der Waals surface area contributed by atoms with Crippen molar-refractivity contribution in [2.75, 3.05) is 13.1 Å².